The van der Waals surface area contributed by atoms with Gasteiger partial charge < -0.3 is 14.9 Å². The number of allylic oxidation sites excluding steroid dienone is 1. The summed E-state index contributed by atoms with van der Waals surface area (Å²) >= 11 is 0. The maximum Gasteiger partial charge on any atom is 0.303 e. The first-order valence-corrected chi connectivity index (χ1v) is 10.0. The van der Waals surface area contributed by atoms with Gasteiger partial charge in [0.1, 0.15) is 11.9 Å². The van der Waals surface area contributed by atoms with Gasteiger partial charge in [-0.3, -0.25) is 14.4 Å². The van der Waals surface area contributed by atoms with Crippen LogP contribution in [0.5, 0.6) is 0 Å². The first-order valence-electron chi connectivity index (χ1n) is 10.0. The second kappa shape index (κ2) is 6.83. The smallest absolute Gasteiger partial charge is 0.303 e. The van der Waals surface area contributed by atoms with Gasteiger partial charge in [-0.05, 0) is 36.5 Å². The Hall–Kier alpha value is -1.95. The topological polar surface area (TPSA) is 101 Å². The Labute approximate surface area is 165 Å². The van der Waals surface area contributed by atoms with Gasteiger partial charge in [0.05, 0.1) is 6.61 Å². The van der Waals surface area contributed by atoms with Crippen LogP contribution in [0.15, 0.2) is 22.5 Å². The summed E-state index contributed by atoms with van der Waals surface area (Å²) in [5.41, 5.74) is -0.665. The number of hydrogen-bond donors (Lipinski definition) is 2. The number of aliphatic hydroxyl groups is 2. The standard InChI is InChI=1S/C22H30O6/c1-11(2)15-18(25)16-13(28-12(3)24)9-14-21(4,5)7-6-8-22(14,10-23)17(16)20(27)19(15)26/h11,13-14,23,25H,6-10H2,1-5H3/t13-,14?,22-/m1/s1. The summed E-state index contributed by atoms with van der Waals surface area (Å²) in [7, 11) is 0. The Morgan fingerprint density at radius 1 is 1.21 bits per heavy atom. The van der Waals surface area contributed by atoms with Crippen LogP contribution in [0.2, 0.25) is 0 Å². The molecule has 28 heavy (non-hydrogen) atoms. The number of esters is 1. The second-order valence-corrected chi connectivity index (χ2v) is 9.41. The number of carbonyl (C=O) groups is 3. The van der Waals surface area contributed by atoms with Crippen molar-refractivity contribution in [1.82, 2.24) is 0 Å². The van der Waals surface area contributed by atoms with Crippen LogP contribution in [0.1, 0.15) is 60.3 Å². The SMILES string of the molecule is CC(=O)O[C@@H]1CC2C(C)(C)CCC[C@]2(CO)C2=C1C(O)=C(C(C)C)C(=O)C2=O. The average molecular weight is 390 g/mol. The van der Waals surface area contributed by atoms with Crippen molar-refractivity contribution in [2.24, 2.45) is 22.7 Å². The summed E-state index contributed by atoms with van der Waals surface area (Å²) in [6.45, 7) is 8.65. The highest BCUT2D eigenvalue weighted by Gasteiger charge is 2.60. The van der Waals surface area contributed by atoms with Crippen LogP contribution < -0.4 is 0 Å². The summed E-state index contributed by atoms with van der Waals surface area (Å²) in [4.78, 5) is 37.9. The first kappa shape index (κ1) is 20.8. The molecule has 0 amide bonds. The number of ether oxygens (including phenoxy) is 1. The van der Waals surface area contributed by atoms with Crippen LogP contribution in [-0.2, 0) is 19.1 Å². The molecule has 0 aliphatic heterocycles. The molecular weight excluding hydrogens is 360 g/mol. The van der Waals surface area contributed by atoms with E-state index in [4.69, 9.17) is 4.74 Å². The van der Waals surface area contributed by atoms with Gasteiger partial charge in [0.15, 0.2) is 0 Å². The highest BCUT2D eigenvalue weighted by atomic mass is 16.5. The summed E-state index contributed by atoms with van der Waals surface area (Å²) in [6, 6.07) is 0. The molecule has 154 valence electrons. The van der Waals surface area contributed by atoms with Crippen molar-refractivity contribution in [2.75, 3.05) is 6.61 Å². The fourth-order valence-corrected chi connectivity index (χ4v) is 5.78. The van der Waals surface area contributed by atoms with Crippen LogP contribution >= 0.6 is 0 Å². The predicted octanol–water partition coefficient (Wildman–Crippen LogP) is 3.04. The molecule has 0 bridgehead atoms. The van der Waals surface area contributed by atoms with Gasteiger partial charge in [-0.25, -0.2) is 0 Å². The van der Waals surface area contributed by atoms with E-state index in [1.807, 2.05) is 0 Å². The Balaban J connectivity index is 2.34. The summed E-state index contributed by atoms with van der Waals surface area (Å²) in [5, 5.41) is 21.5. The lowest BCUT2D eigenvalue weighted by atomic mass is 9.47. The van der Waals surface area contributed by atoms with E-state index in [0.717, 1.165) is 12.8 Å². The normalized spacial score (nSPS) is 32.4. The van der Waals surface area contributed by atoms with Gasteiger partial charge in [0.25, 0.3) is 0 Å². The van der Waals surface area contributed by atoms with Gasteiger partial charge >= 0.3 is 5.97 Å². The number of rotatable bonds is 3. The lowest BCUT2D eigenvalue weighted by Crippen LogP contribution is -2.56. The van der Waals surface area contributed by atoms with E-state index in [0.29, 0.717) is 12.8 Å². The maximum atomic E-state index is 13.3. The molecule has 0 radical (unpaired) electrons. The molecule has 6 heteroatoms. The van der Waals surface area contributed by atoms with E-state index in [9.17, 15) is 24.6 Å². The fourth-order valence-electron chi connectivity index (χ4n) is 5.78. The summed E-state index contributed by atoms with van der Waals surface area (Å²) in [6.07, 6.45) is 1.88. The molecule has 3 aliphatic rings. The van der Waals surface area contributed by atoms with Crippen molar-refractivity contribution >= 4 is 17.5 Å². The number of carbonyl (C=O) groups excluding carboxylic acids is 3. The zero-order valence-corrected chi connectivity index (χ0v) is 17.3. The number of aliphatic hydroxyl groups excluding tert-OH is 2. The molecule has 1 saturated carbocycles. The molecule has 0 saturated heterocycles. The number of hydrogen-bond acceptors (Lipinski definition) is 6. The third-order valence-electron chi connectivity index (χ3n) is 6.95. The molecule has 3 rings (SSSR count). The molecule has 0 aromatic rings. The van der Waals surface area contributed by atoms with E-state index in [1.54, 1.807) is 13.8 Å². The van der Waals surface area contributed by atoms with Crippen molar-refractivity contribution in [2.45, 2.75) is 66.4 Å². The minimum Gasteiger partial charge on any atom is -0.507 e. The summed E-state index contributed by atoms with van der Waals surface area (Å²) < 4.78 is 5.54. The minimum atomic E-state index is -0.906. The summed E-state index contributed by atoms with van der Waals surface area (Å²) in [5.74, 6) is -2.66. The molecular formula is C22H30O6. The molecule has 3 atom stereocenters. The molecule has 0 aromatic heterocycles. The van der Waals surface area contributed by atoms with E-state index in [-0.39, 0.29) is 46.3 Å². The molecule has 1 unspecified atom stereocenters. The van der Waals surface area contributed by atoms with Crippen LogP contribution in [0, 0.1) is 22.7 Å². The molecule has 0 aromatic carbocycles. The third kappa shape index (κ3) is 2.84. The largest absolute Gasteiger partial charge is 0.507 e. The number of Topliss-reactive ketones (excluding diaryl/α,β-unsaturated/α-hetero) is 2. The molecule has 1 fully saturated rings. The quantitative estimate of drug-likeness (QED) is 0.436. The van der Waals surface area contributed by atoms with E-state index < -0.39 is 29.1 Å². The molecule has 0 heterocycles. The molecule has 2 N–H and O–H groups in total. The Morgan fingerprint density at radius 3 is 2.39 bits per heavy atom. The van der Waals surface area contributed by atoms with Crippen LogP contribution in [0.3, 0.4) is 0 Å². The maximum absolute atomic E-state index is 13.3. The van der Waals surface area contributed by atoms with Crippen LogP contribution in [-0.4, -0.2) is 40.5 Å². The second-order valence-electron chi connectivity index (χ2n) is 9.41. The zero-order valence-electron chi connectivity index (χ0n) is 17.3. The van der Waals surface area contributed by atoms with Crippen molar-refractivity contribution in [3.8, 4) is 0 Å². The van der Waals surface area contributed by atoms with Crippen LogP contribution in [0.4, 0.5) is 0 Å². The minimum absolute atomic E-state index is 0.0579. The molecule has 6 nitrogen and oxygen atoms in total. The Kier molecular flexibility index (Phi) is 5.07. The van der Waals surface area contributed by atoms with E-state index in [1.165, 1.54) is 6.92 Å². The van der Waals surface area contributed by atoms with Crippen molar-refractivity contribution in [1.29, 1.82) is 0 Å². The van der Waals surface area contributed by atoms with Gasteiger partial charge in [-0.1, -0.05) is 34.1 Å². The molecule has 0 spiro atoms. The first-order chi connectivity index (χ1) is 13.0. The van der Waals surface area contributed by atoms with E-state index >= 15 is 0 Å². The Bertz CT molecular complexity index is 800. The van der Waals surface area contributed by atoms with Gasteiger partial charge in [0, 0.05) is 29.1 Å². The average Bonchev–Trinajstić information content (AvgIpc) is 2.58. The third-order valence-corrected chi connectivity index (χ3v) is 6.95. The number of ketones is 2. The predicted molar refractivity (Wildman–Crippen MR) is 102 cm³/mol. The number of fused-ring (bicyclic) bond motifs is 2. The monoisotopic (exact) mass is 390 g/mol. The lowest BCUT2D eigenvalue weighted by molar-refractivity contribution is -0.150. The highest BCUT2D eigenvalue weighted by Crippen LogP contribution is 2.61. The lowest BCUT2D eigenvalue weighted by Gasteiger charge is -2.57. The van der Waals surface area contributed by atoms with Crippen molar-refractivity contribution in [3.63, 3.8) is 0 Å². The van der Waals surface area contributed by atoms with Crippen molar-refractivity contribution < 1.29 is 29.3 Å². The van der Waals surface area contributed by atoms with E-state index in [2.05, 4.69) is 13.8 Å². The van der Waals surface area contributed by atoms with Crippen molar-refractivity contribution in [3.05, 3.63) is 22.5 Å². The fraction of sp³-hybridized carbons (Fsp3) is 0.682. The van der Waals surface area contributed by atoms with Gasteiger partial charge in [-0.15, -0.1) is 0 Å². The van der Waals surface area contributed by atoms with Crippen LogP contribution in [0.25, 0.3) is 0 Å². The Morgan fingerprint density at radius 2 is 1.86 bits per heavy atom. The molecule has 3 aliphatic carbocycles. The van der Waals surface area contributed by atoms with Gasteiger partial charge in [0.2, 0.25) is 11.6 Å². The zero-order chi connectivity index (χ0) is 21.0. The highest BCUT2D eigenvalue weighted by molar-refractivity contribution is 6.50. The van der Waals surface area contributed by atoms with Gasteiger partial charge in [-0.2, -0.15) is 0 Å².